The Morgan fingerprint density at radius 3 is 2.42 bits per heavy atom. The molecule has 19 heavy (non-hydrogen) atoms. The van der Waals surface area contributed by atoms with Crippen molar-refractivity contribution in [2.45, 2.75) is 30.4 Å². The summed E-state index contributed by atoms with van der Waals surface area (Å²) < 4.78 is 37.1. The molecule has 0 radical (unpaired) electrons. The quantitative estimate of drug-likeness (QED) is 0.813. The number of thiazole rings is 1. The summed E-state index contributed by atoms with van der Waals surface area (Å²) in [6.07, 6.45) is 0. The lowest BCUT2D eigenvalue weighted by Crippen LogP contribution is -2.05. The average Bonchev–Trinajstić information content (AvgIpc) is 2.77. The summed E-state index contributed by atoms with van der Waals surface area (Å²) in [7, 11) is -3.46. The third kappa shape index (κ3) is 3.39. The Morgan fingerprint density at radius 1 is 1.26 bits per heavy atom. The van der Waals surface area contributed by atoms with Crippen molar-refractivity contribution >= 4 is 21.2 Å². The van der Waals surface area contributed by atoms with Gasteiger partial charge in [-0.2, -0.15) is 0 Å². The topological polar surface area (TPSA) is 47.0 Å². The lowest BCUT2D eigenvalue weighted by atomic mass is 10.2. The fraction of sp³-hybridized carbons (Fsp3) is 0.308. The van der Waals surface area contributed by atoms with E-state index in [0.717, 1.165) is 17.1 Å². The number of hydrogen-bond acceptors (Lipinski definition) is 4. The number of hydrogen-bond donors (Lipinski definition) is 0. The fourth-order valence-corrected chi connectivity index (χ4v) is 3.77. The van der Waals surface area contributed by atoms with Crippen molar-refractivity contribution in [3.05, 3.63) is 46.2 Å². The number of benzene rings is 1. The second-order valence-electron chi connectivity index (χ2n) is 4.54. The van der Waals surface area contributed by atoms with Gasteiger partial charge in [0.1, 0.15) is 5.82 Å². The minimum Gasteiger partial charge on any atom is -0.245 e. The van der Waals surface area contributed by atoms with Crippen molar-refractivity contribution < 1.29 is 12.8 Å². The third-order valence-corrected chi connectivity index (χ3v) is 5.43. The molecule has 0 N–H and O–H groups in total. The highest BCUT2D eigenvalue weighted by molar-refractivity contribution is 7.90. The van der Waals surface area contributed by atoms with Crippen LogP contribution in [0.3, 0.4) is 0 Å². The lowest BCUT2D eigenvalue weighted by molar-refractivity contribution is 0.593. The molecule has 0 fully saturated rings. The van der Waals surface area contributed by atoms with Crippen LogP contribution in [0.15, 0.2) is 34.5 Å². The SMILES string of the molecule is CC(C)c1nc(CS(=O)(=O)c2ccc(F)cc2)cs1. The van der Waals surface area contributed by atoms with Crippen molar-refractivity contribution in [1.82, 2.24) is 4.98 Å². The van der Waals surface area contributed by atoms with E-state index in [1.807, 2.05) is 13.8 Å². The molecule has 0 aliphatic rings. The Morgan fingerprint density at radius 2 is 1.89 bits per heavy atom. The van der Waals surface area contributed by atoms with E-state index in [1.165, 1.54) is 23.5 Å². The van der Waals surface area contributed by atoms with Gasteiger partial charge >= 0.3 is 0 Å². The first kappa shape index (κ1) is 14.1. The van der Waals surface area contributed by atoms with Gasteiger partial charge in [-0.25, -0.2) is 17.8 Å². The Bertz CT molecular complexity index is 660. The number of aromatic nitrogens is 1. The minimum atomic E-state index is -3.46. The molecule has 0 amide bonds. The zero-order chi connectivity index (χ0) is 14.0. The van der Waals surface area contributed by atoms with Crippen molar-refractivity contribution in [1.29, 1.82) is 0 Å². The van der Waals surface area contributed by atoms with E-state index in [0.29, 0.717) is 5.69 Å². The molecule has 102 valence electrons. The maximum absolute atomic E-state index is 12.8. The molecule has 2 aromatic rings. The van der Waals surface area contributed by atoms with Gasteiger partial charge in [-0.1, -0.05) is 13.8 Å². The number of sulfone groups is 1. The van der Waals surface area contributed by atoms with Gasteiger partial charge in [0.05, 0.1) is 21.3 Å². The highest BCUT2D eigenvalue weighted by atomic mass is 32.2. The van der Waals surface area contributed by atoms with Crippen LogP contribution in [-0.2, 0) is 15.6 Å². The highest BCUT2D eigenvalue weighted by Gasteiger charge is 2.17. The molecule has 6 heteroatoms. The predicted octanol–water partition coefficient (Wildman–Crippen LogP) is 3.38. The zero-order valence-corrected chi connectivity index (χ0v) is 12.3. The van der Waals surface area contributed by atoms with Crippen LogP contribution in [-0.4, -0.2) is 13.4 Å². The van der Waals surface area contributed by atoms with Crippen LogP contribution >= 0.6 is 11.3 Å². The summed E-state index contributed by atoms with van der Waals surface area (Å²) in [6.45, 7) is 4.02. The van der Waals surface area contributed by atoms with E-state index in [-0.39, 0.29) is 16.6 Å². The first-order chi connectivity index (χ1) is 8.88. The largest absolute Gasteiger partial charge is 0.245 e. The average molecular weight is 299 g/mol. The normalized spacial score (nSPS) is 12.0. The van der Waals surface area contributed by atoms with Gasteiger partial charge < -0.3 is 0 Å². The van der Waals surface area contributed by atoms with E-state index >= 15 is 0 Å². The molecule has 1 aromatic carbocycles. The van der Waals surface area contributed by atoms with E-state index in [2.05, 4.69) is 4.98 Å². The van der Waals surface area contributed by atoms with Crippen LogP contribution in [0.25, 0.3) is 0 Å². The highest BCUT2D eigenvalue weighted by Crippen LogP contribution is 2.22. The Balaban J connectivity index is 2.23. The van der Waals surface area contributed by atoms with Crippen LogP contribution in [0.2, 0.25) is 0 Å². The van der Waals surface area contributed by atoms with Crippen molar-refractivity contribution in [2.24, 2.45) is 0 Å². The summed E-state index contributed by atoms with van der Waals surface area (Å²) in [4.78, 5) is 4.42. The van der Waals surface area contributed by atoms with Crippen molar-refractivity contribution in [3.63, 3.8) is 0 Å². The molecular weight excluding hydrogens is 285 g/mol. The molecule has 0 spiro atoms. The standard InChI is InChI=1S/C13H14FNO2S2/c1-9(2)13-15-11(7-18-13)8-19(16,17)12-5-3-10(14)4-6-12/h3-7,9H,8H2,1-2H3. The third-order valence-electron chi connectivity index (χ3n) is 2.57. The first-order valence-electron chi connectivity index (χ1n) is 5.81. The van der Waals surface area contributed by atoms with Crippen LogP contribution in [0.5, 0.6) is 0 Å². The number of rotatable bonds is 4. The maximum atomic E-state index is 12.8. The molecule has 0 unspecified atom stereocenters. The van der Waals surface area contributed by atoms with Gasteiger partial charge in [0.2, 0.25) is 0 Å². The van der Waals surface area contributed by atoms with Crippen LogP contribution in [0, 0.1) is 5.82 Å². The summed E-state index contributed by atoms with van der Waals surface area (Å²) in [6, 6.07) is 4.85. The van der Waals surface area contributed by atoms with E-state index in [9.17, 15) is 12.8 Å². The van der Waals surface area contributed by atoms with Gasteiger partial charge in [0.25, 0.3) is 0 Å². The van der Waals surface area contributed by atoms with Gasteiger partial charge in [-0.15, -0.1) is 11.3 Å². The van der Waals surface area contributed by atoms with Crippen LogP contribution in [0.4, 0.5) is 4.39 Å². The molecule has 0 atom stereocenters. The maximum Gasteiger partial charge on any atom is 0.184 e. The molecule has 3 nitrogen and oxygen atoms in total. The molecule has 0 saturated heterocycles. The first-order valence-corrected chi connectivity index (χ1v) is 8.34. The smallest absolute Gasteiger partial charge is 0.184 e. The Kier molecular flexibility index (Phi) is 4.01. The minimum absolute atomic E-state index is 0.119. The van der Waals surface area contributed by atoms with E-state index in [4.69, 9.17) is 0 Å². The predicted molar refractivity (Wildman–Crippen MR) is 73.5 cm³/mol. The van der Waals surface area contributed by atoms with Gasteiger partial charge in [0, 0.05) is 11.3 Å². The molecule has 0 aliphatic carbocycles. The summed E-state index contributed by atoms with van der Waals surface area (Å²) in [5.74, 6) is -0.316. The molecule has 0 aliphatic heterocycles. The molecule has 1 heterocycles. The molecule has 2 rings (SSSR count). The van der Waals surface area contributed by atoms with Crippen molar-refractivity contribution in [2.75, 3.05) is 0 Å². The van der Waals surface area contributed by atoms with Crippen LogP contribution < -0.4 is 0 Å². The lowest BCUT2D eigenvalue weighted by Gasteiger charge is -2.02. The molecular formula is C13H14FNO2S2. The Hall–Kier alpha value is -1.27. The second kappa shape index (κ2) is 5.38. The van der Waals surface area contributed by atoms with Crippen molar-refractivity contribution in [3.8, 4) is 0 Å². The summed E-state index contributed by atoms with van der Waals surface area (Å²) >= 11 is 1.46. The van der Waals surface area contributed by atoms with Gasteiger partial charge in [0.15, 0.2) is 9.84 Å². The summed E-state index contributed by atoms with van der Waals surface area (Å²) in [5, 5.41) is 2.68. The van der Waals surface area contributed by atoms with E-state index < -0.39 is 15.7 Å². The van der Waals surface area contributed by atoms with Crippen LogP contribution in [0.1, 0.15) is 30.5 Å². The number of nitrogens with zero attached hydrogens (tertiary/aromatic N) is 1. The molecule has 0 saturated carbocycles. The monoisotopic (exact) mass is 299 g/mol. The fourth-order valence-electron chi connectivity index (χ4n) is 1.57. The molecule has 0 bridgehead atoms. The van der Waals surface area contributed by atoms with E-state index in [1.54, 1.807) is 5.38 Å². The van der Waals surface area contributed by atoms with Gasteiger partial charge in [-0.3, -0.25) is 0 Å². The van der Waals surface area contributed by atoms with Gasteiger partial charge in [-0.05, 0) is 24.3 Å². The number of halogens is 1. The Labute approximate surface area is 116 Å². The zero-order valence-electron chi connectivity index (χ0n) is 10.6. The molecule has 1 aromatic heterocycles. The summed E-state index contributed by atoms with van der Waals surface area (Å²) in [5.41, 5.74) is 0.540. The second-order valence-corrected chi connectivity index (χ2v) is 7.42.